The second-order valence-electron chi connectivity index (χ2n) is 3.50. The smallest absolute Gasteiger partial charge is 0.0406 e. The fourth-order valence-corrected chi connectivity index (χ4v) is 2.32. The van der Waals surface area contributed by atoms with Crippen LogP contribution in [-0.2, 0) is 0 Å². The first kappa shape index (κ1) is 9.34. The second-order valence-corrected chi connectivity index (χ2v) is 3.77. The molecule has 0 heterocycles. The number of halogens is 1. The van der Waals surface area contributed by atoms with Gasteiger partial charge in [-0.05, 0) is 19.4 Å². The number of nitrogens with one attached hydrogen (secondary N) is 1. The van der Waals surface area contributed by atoms with Gasteiger partial charge in [-0.25, -0.2) is 0 Å². The summed E-state index contributed by atoms with van der Waals surface area (Å²) in [6.07, 6.45) is 6.62. The van der Waals surface area contributed by atoms with Crippen LogP contribution in [0.3, 0.4) is 0 Å². The van der Waals surface area contributed by atoms with Crippen LogP contribution in [-0.4, -0.2) is 18.0 Å². The first-order valence-electron chi connectivity index (χ1n) is 4.64. The number of rotatable bonds is 3. The van der Waals surface area contributed by atoms with Gasteiger partial charge < -0.3 is 5.32 Å². The van der Waals surface area contributed by atoms with Crippen LogP contribution in [0, 0.1) is 0 Å². The van der Waals surface area contributed by atoms with E-state index in [9.17, 15) is 0 Å². The molecule has 0 aromatic heterocycles. The van der Waals surface area contributed by atoms with Crippen LogP contribution in [0.1, 0.15) is 39.0 Å². The quantitative estimate of drug-likeness (QED) is 0.651. The molecule has 0 radical (unpaired) electrons. The highest BCUT2D eigenvalue weighted by Gasteiger charge is 2.29. The molecular weight excluding hydrogens is 158 g/mol. The molecule has 1 rings (SSSR count). The van der Waals surface area contributed by atoms with Crippen molar-refractivity contribution in [3.8, 4) is 0 Å². The highest BCUT2D eigenvalue weighted by molar-refractivity contribution is 6.18. The lowest BCUT2D eigenvalue weighted by atomic mass is 9.83. The lowest BCUT2D eigenvalue weighted by Crippen LogP contribution is -2.48. The van der Waals surface area contributed by atoms with E-state index in [1.807, 2.05) is 0 Å². The Hall–Kier alpha value is 0.250. The van der Waals surface area contributed by atoms with Gasteiger partial charge in [0.2, 0.25) is 0 Å². The van der Waals surface area contributed by atoms with Gasteiger partial charge >= 0.3 is 0 Å². The summed E-state index contributed by atoms with van der Waals surface area (Å²) in [6.45, 7) is 3.20. The Morgan fingerprint density at radius 2 is 1.91 bits per heavy atom. The van der Waals surface area contributed by atoms with Crippen LogP contribution in [0.25, 0.3) is 0 Å². The van der Waals surface area contributed by atoms with E-state index in [-0.39, 0.29) is 5.54 Å². The second kappa shape index (κ2) is 4.32. The topological polar surface area (TPSA) is 12.0 Å². The van der Waals surface area contributed by atoms with Crippen molar-refractivity contribution >= 4 is 11.6 Å². The van der Waals surface area contributed by atoms with Gasteiger partial charge in [-0.3, -0.25) is 0 Å². The molecule has 0 aromatic rings. The third-order valence-electron chi connectivity index (χ3n) is 2.62. The zero-order valence-corrected chi connectivity index (χ0v) is 8.08. The van der Waals surface area contributed by atoms with Crippen molar-refractivity contribution in [1.29, 1.82) is 0 Å². The van der Waals surface area contributed by atoms with Crippen LogP contribution in [0.5, 0.6) is 0 Å². The highest BCUT2D eigenvalue weighted by Crippen LogP contribution is 2.28. The summed E-state index contributed by atoms with van der Waals surface area (Å²) in [5.74, 6) is 0.779. The molecule has 11 heavy (non-hydrogen) atoms. The Bertz CT molecular complexity index is 103. The van der Waals surface area contributed by atoms with E-state index in [1.54, 1.807) is 0 Å². The summed E-state index contributed by atoms with van der Waals surface area (Å²) >= 11 is 5.95. The van der Waals surface area contributed by atoms with Gasteiger partial charge in [-0.1, -0.05) is 26.2 Å². The normalized spacial score (nSPS) is 23.5. The summed E-state index contributed by atoms with van der Waals surface area (Å²) in [5, 5.41) is 3.52. The van der Waals surface area contributed by atoms with Crippen molar-refractivity contribution in [3.05, 3.63) is 0 Å². The molecule has 1 nitrogen and oxygen atoms in total. The van der Waals surface area contributed by atoms with Gasteiger partial charge in [-0.2, -0.15) is 0 Å². The minimum atomic E-state index is 0.286. The van der Waals surface area contributed by atoms with Gasteiger partial charge in [-0.15, -0.1) is 11.6 Å². The van der Waals surface area contributed by atoms with Gasteiger partial charge in [0.1, 0.15) is 0 Å². The molecule has 1 N–H and O–H groups in total. The average Bonchev–Trinajstić information content (AvgIpc) is 2.07. The fourth-order valence-electron chi connectivity index (χ4n) is 1.96. The minimum absolute atomic E-state index is 0.286. The van der Waals surface area contributed by atoms with Crippen LogP contribution >= 0.6 is 11.6 Å². The predicted octanol–water partition coefficient (Wildman–Crippen LogP) is 2.54. The zero-order valence-electron chi connectivity index (χ0n) is 7.33. The molecule has 2 heteroatoms. The predicted molar refractivity (Wildman–Crippen MR) is 50.2 cm³/mol. The SMILES string of the molecule is CCNC1(CCl)CCCCC1. The van der Waals surface area contributed by atoms with E-state index in [0.29, 0.717) is 0 Å². The summed E-state index contributed by atoms with van der Waals surface area (Å²) < 4.78 is 0. The third kappa shape index (κ3) is 2.34. The van der Waals surface area contributed by atoms with E-state index >= 15 is 0 Å². The van der Waals surface area contributed by atoms with Crippen molar-refractivity contribution in [2.45, 2.75) is 44.6 Å². The maximum atomic E-state index is 5.95. The van der Waals surface area contributed by atoms with Crippen LogP contribution in [0.2, 0.25) is 0 Å². The van der Waals surface area contributed by atoms with Gasteiger partial charge in [0, 0.05) is 11.4 Å². The van der Waals surface area contributed by atoms with E-state index in [2.05, 4.69) is 12.2 Å². The Kier molecular flexibility index (Phi) is 3.67. The van der Waals surface area contributed by atoms with Crippen molar-refractivity contribution in [2.24, 2.45) is 0 Å². The Morgan fingerprint density at radius 3 is 2.36 bits per heavy atom. The summed E-state index contributed by atoms with van der Waals surface area (Å²) in [6, 6.07) is 0. The maximum absolute atomic E-state index is 5.95. The van der Waals surface area contributed by atoms with E-state index in [1.165, 1.54) is 32.1 Å². The molecule has 0 aromatic carbocycles. The van der Waals surface area contributed by atoms with Gasteiger partial charge in [0.15, 0.2) is 0 Å². The molecule has 1 aliphatic carbocycles. The minimum Gasteiger partial charge on any atom is -0.310 e. The lowest BCUT2D eigenvalue weighted by molar-refractivity contribution is 0.263. The summed E-state index contributed by atoms with van der Waals surface area (Å²) in [5.41, 5.74) is 0.286. The molecule has 66 valence electrons. The molecule has 0 atom stereocenters. The van der Waals surface area contributed by atoms with Crippen molar-refractivity contribution < 1.29 is 0 Å². The van der Waals surface area contributed by atoms with Gasteiger partial charge in [0.25, 0.3) is 0 Å². The van der Waals surface area contributed by atoms with Crippen LogP contribution in [0.4, 0.5) is 0 Å². The molecule has 1 aliphatic rings. The first-order valence-corrected chi connectivity index (χ1v) is 5.17. The standard InChI is InChI=1S/C9H18ClN/c1-2-11-9(8-10)6-4-3-5-7-9/h11H,2-8H2,1H3. The molecular formula is C9H18ClN. The first-order chi connectivity index (χ1) is 5.33. The molecule has 0 unspecified atom stereocenters. The molecule has 0 amide bonds. The van der Waals surface area contributed by atoms with E-state index < -0.39 is 0 Å². The zero-order chi connectivity index (χ0) is 8.16. The Morgan fingerprint density at radius 1 is 1.27 bits per heavy atom. The van der Waals surface area contributed by atoms with Crippen LogP contribution in [0.15, 0.2) is 0 Å². The molecule has 0 saturated heterocycles. The molecule has 0 bridgehead atoms. The van der Waals surface area contributed by atoms with E-state index in [0.717, 1.165) is 12.4 Å². The fraction of sp³-hybridized carbons (Fsp3) is 1.00. The molecule has 1 saturated carbocycles. The third-order valence-corrected chi connectivity index (χ3v) is 3.13. The van der Waals surface area contributed by atoms with Crippen molar-refractivity contribution in [3.63, 3.8) is 0 Å². The number of alkyl halides is 1. The summed E-state index contributed by atoms with van der Waals surface area (Å²) in [7, 11) is 0. The molecule has 0 aliphatic heterocycles. The highest BCUT2D eigenvalue weighted by atomic mass is 35.5. The monoisotopic (exact) mass is 175 g/mol. The Balaban J connectivity index is 2.42. The lowest BCUT2D eigenvalue weighted by Gasteiger charge is -2.36. The number of hydrogen-bond acceptors (Lipinski definition) is 1. The largest absolute Gasteiger partial charge is 0.310 e. The molecule has 1 fully saturated rings. The van der Waals surface area contributed by atoms with Crippen molar-refractivity contribution in [1.82, 2.24) is 5.32 Å². The van der Waals surface area contributed by atoms with Gasteiger partial charge in [0.05, 0.1) is 0 Å². The van der Waals surface area contributed by atoms with E-state index in [4.69, 9.17) is 11.6 Å². The maximum Gasteiger partial charge on any atom is 0.0406 e. The average molecular weight is 176 g/mol. The summed E-state index contributed by atoms with van der Waals surface area (Å²) in [4.78, 5) is 0. The molecule has 0 spiro atoms. The van der Waals surface area contributed by atoms with Crippen molar-refractivity contribution in [2.75, 3.05) is 12.4 Å². The Labute approximate surface area is 74.5 Å². The van der Waals surface area contributed by atoms with Crippen LogP contribution < -0.4 is 5.32 Å². The number of hydrogen-bond donors (Lipinski definition) is 1.